The van der Waals surface area contributed by atoms with E-state index in [0.717, 1.165) is 28.2 Å². The van der Waals surface area contributed by atoms with Crippen LogP contribution in [0.25, 0.3) is 0 Å². The van der Waals surface area contributed by atoms with Gasteiger partial charge >= 0.3 is 6.09 Å². The topological polar surface area (TPSA) is 61.9 Å². The molecule has 7 heteroatoms. The minimum atomic E-state index is -0.402. The Labute approximate surface area is 227 Å². The zero-order chi connectivity index (χ0) is 26.5. The number of amides is 2. The van der Waals surface area contributed by atoms with Crippen LogP contribution >= 0.6 is 11.3 Å². The van der Waals surface area contributed by atoms with Gasteiger partial charge in [-0.3, -0.25) is 9.69 Å². The zero-order valence-electron chi connectivity index (χ0n) is 21.4. The predicted molar refractivity (Wildman–Crippen MR) is 151 cm³/mol. The summed E-state index contributed by atoms with van der Waals surface area (Å²) in [5.41, 5.74) is 3.62. The maximum absolute atomic E-state index is 13.3. The number of nitrogens with zero attached hydrogens (tertiary/aromatic N) is 2. The van der Waals surface area contributed by atoms with Gasteiger partial charge in [0.25, 0.3) is 5.91 Å². The van der Waals surface area contributed by atoms with E-state index in [2.05, 4.69) is 47.7 Å². The second-order valence-corrected chi connectivity index (χ2v) is 10.3. The van der Waals surface area contributed by atoms with E-state index in [4.69, 9.17) is 4.74 Å². The van der Waals surface area contributed by atoms with Gasteiger partial charge in [-0.1, -0.05) is 55.0 Å². The number of benzene rings is 2. The van der Waals surface area contributed by atoms with Gasteiger partial charge in [-0.05, 0) is 42.1 Å². The van der Waals surface area contributed by atoms with Crippen LogP contribution in [0.5, 0.6) is 0 Å². The molecule has 2 aliphatic heterocycles. The molecular weight excluding hydrogens is 494 g/mol. The quantitative estimate of drug-likeness (QED) is 0.306. The first-order valence-corrected chi connectivity index (χ1v) is 13.8. The third kappa shape index (κ3) is 5.05. The van der Waals surface area contributed by atoms with Crippen molar-refractivity contribution in [1.29, 1.82) is 0 Å². The summed E-state index contributed by atoms with van der Waals surface area (Å²) in [7, 11) is 0. The highest BCUT2D eigenvalue weighted by atomic mass is 32.1. The molecule has 5 rings (SSSR count). The number of fused-ring (bicyclic) bond motifs is 3. The third-order valence-electron chi connectivity index (χ3n) is 7.06. The molecule has 0 aliphatic carbocycles. The van der Waals surface area contributed by atoms with Crippen LogP contribution in [0.1, 0.15) is 51.8 Å². The van der Waals surface area contributed by atoms with Gasteiger partial charge in [-0.2, -0.15) is 0 Å². The van der Waals surface area contributed by atoms with Crippen molar-refractivity contribution in [3.05, 3.63) is 100 Å². The lowest BCUT2D eigenvalue weighted by Gasteiger charge is -2.48. The number of hydrogen-bond donors (Lipinski definition) is 1. The minimum Gasteiger partial charge on any atom is -0.445 e. The van der Waals surface area contributed by atoms with Crippen LogP contribution < -0.4 is 10.2 Å². The molecule has 0 bridgehead atoms. The number of rotatable bonds is 7. The van der Waals surface area contributed by atoms with E-state index in [-0.39, 0.29) is 30.5 Å². The van der Waals surface area contributed by atoms with Crippen molar-refractivity contribution in [2.75, 3.05) is 24.6 Å². The molecule has 2 aromatic carbocycles. The Kier molecular flexibility index (Phi) is 7.81. The number of carbonyl (C=O) groups is 2. The van der Waals surface area contributed by atoms with Crippen LogP contribution in [0.4, 0.5) is 10.5 Å². The Morgan fingerprint density at radius 1 is 1.16 bits per heavy atom. The lowest BCUT2D eigenvalue weighted by molar-refractivity contribution is 0.0820. The van der Waals surface area contributed by atoms with Crippen LogP contribution in [-0.2, 0) is 11.3 Å². The van der Waals surface area contributed by atoms with Gasteiger partial charge in [0.1, 0.15) is 6.61 Å². The molecule has 3 aromatic rings. The van der Waals surface area contributed by atoms with E-state index in [1.54, 1.807) is 22.3 Å². The largest absolute Gasteiger partial charge is 0.445 e. The van der Waals surface area contributed by atoms with Gasteiger partial charge in [-0.25, -0.2) is 4.79 Å². The highest BCUT2D eigenvalue weighted by Gasteiger charge is 2.46. The molecule has 0 saturated heterocycles. The summed E-state index contributed by atoms with van der Waals surface area (Å²) in [5, 5.41) is 5.02. The summed E-state index contributed by atoms with van der Waals surface area (Å²) in [6, 6.07) is 19.7. The fourth-order valence-electron chi connectivity index (χ4n) is 5.43. The molecule has 3 unspecified atom stereocenters. The van der Waals surface area contributed by atoms with Crippen molar-refractivity contribution in [3.63, 3.8) is 0 Å². The molecule has 0 spiro atoms. The van der Waals surface area contributed by atoms with Crippen molar-refractivity contribution in [1.82, 2.24) is 10.2 Å². The number of anilines is 1. The Morgan fingerprint density at radius 2 is 2.00 bits per heavy atom. The molecule has 38 heavy (non-hydrogen) atoms. The average Bonchev–Trinajstić information content (AvgIpc) is 3.38. The number of hydrogen-bond acceptors (Lipinski definition) is 5. The lowest BCUT2D eigenvalue weighted by atomic mass is 9.77. The van der Waals surface area contributed by atoms with Gasteiger partial charge < -0.3 is 15.0 Å². The van der Waals surface area contributed by atoms with E-state index >= 15 is 0 Å². The average molecular weight is 526 g/mol. The lowest BCUT2D eigenvalue weighted by Crippen LogP contribution is -2.48. The molecule has 3 atom stereocenters. The molecule has 1 N–H and O–H groups in total. The smallest absolute Gasteiger partial charge is 0.410 e. The normalized spacial score (nSPS) is 19.8. The summed E-state index contributed by atoms with van der Waals surface area (Å²) >= 11 is 1.61. The molecular formula is C31H31N3O3S. The fraction of sp³-hybridized carbons (Fsp3) is 0.290. The minimum absolute atomic E-state index is 0.0579. The SMILES string of the molecule is C=CCOC(=O)N1CCC#CC2C1c1cc(C(=O)NCc3cccs3)ccc1N(CC)C2c1ccccc1. The van der Waals surface area contributed by atoms with Gasteiger partial charge in [0, 0.05) is 41.2 Å². The number of thiophene rings is 1. The van der Waals surface area contributed by atoms with E-state index in [0.29, 0.717) is 25.1 Å². The van der Waals surface area contributed by atoms with Crippen molar-refractivity contribution < 1.29 is 14.3 Å². The van der Waals surface area contributed by atoms with Crippen molar-refractivity contribution in [3.8, 4) is 11.8 Å². The highest BCUT2D eigenvalue weighted by Crippen LogP contribution is 2.50. The zero-order valence-corrected chi connectivity index (χ0v) is 22.2. The van der Waals surface area contributed by atoms with Gasteiger partial charge in [-0.15, -0.1) is 17.3 Å². The van der Waals surface area contributed by atoms with E-state index in [9.17, 15) is 9.59 Å². The van der Waals surface area contributed by atoms with Crippen molar-refractivity contribution >= 4 is 29.0 Å². The molecule has 2 amide bonds. The summed E-state index contributed by atoms with van der Waals surface area (Å²) in [6.45, 7) is 7.62. The standard InChI is InChI=1S/C31H31N3O3S/c1-3-18-37-31(36)34-17-9-8-14-25-28(22-11-6-5-7-12-22)33(4-2)27-16-15-23(20-26(27)29(25)34)30(35)32-21-24-13-10-19-38-24/h3,5-7,10-13,15-16,19-20,25,28-29H,1,4,9,17-18,21H2,2H3,(H,32,35). The van der Waals surface area contributed by atoms with Crippen LogP contribution in [0.15, 0.2) is 78.7 Å². The predicted octanol–water partition coefficient (Wildman–Crippen LogP) is 5.95. The fourth-order valence-corrected chi connectivity index (χ4v) is 6.08. The van der Waals surface area contributed by atoms with Crippen molar-refractivity contribution in [2.45, 2.75) is 32.0 Å². The molecule has 6 nitrogen and oxygen atoms in total. The molecule has 1 aromatic heterocycles. The van der Waals surface area contributed by atoms with E-state index in [1.807, 2.05) is 53.9 Å². The van der Waals surface area contributed by atoms with Gasteiger partial charge in [0.2, 0.25) is 0 Å². The molecule has 2 aliphatic rings. The van der Waals surface area contributed by atoms with Gasteiger partial charge in [0.05, 0.1) is 24.5 Å². The second kappa shape index (κ2) is 11.6. The first kappa shape index (κ1) is 25.6. The van der Waals surface area contributed by atoms with Crippen LogP contribution in [0, 0.1) is 17.8 Å². The monoisotopic (exact) mass is 525 g/mol. The molecule has 0 saturated carbocycles. The first-order chi connectivity index (χ1) is 18.6. The first-order valence-electron chi connectivity index (χ1n) is 12.9. The van der Waals surface area contributed by atoms with E-state index in [1.165, 1.54) is 0 Å². The summed E-state index contributed by atoms with van der Waals surface area (Å²) in [4.78, 5) is 31.7. The highest BCUT2D eigenvalue weighted by molar-refractivity contribution is 7.09. The Bertz CT molecular complexity index is 1360. The van der Waals surface area contributed by atoms with Crippen LogP contribution in [-0.4, -0.2) is 36.6 Å². The van der Waals surface area contributed by atoms with Crippen LogP contribution in [0.2, 0.25) is 0 Å². The van der Waals surface area contributed by atoms with Gasteiger partial charge in [0.15, 0.2) is 0 Å². The molecule has 0 radical (unpaired) electrons. The van der Waals surface area contributed by atoms with Crippen molar-refractivity contribution in [2.24, 2.45) is 5.92 Å². The molecule has 194 valence electrons. The molecule has 0 fully saturated rings. The Morgan fingerprint density at radius 3 is 2.74 bits per heavy atom. The van der Waals surface area contributed by atoms with Crippen LogP contribution in [0.3, 0.4) is 0 Å². The summed E-state index contributed by atoms with van der Waals surface area (Å²) in [5.74, 6) is 6.47. The summed E-state index contributed by atoms with van der Waals surface area (Å²) in [6.07, 6.45) is 1.72. The maximum atomic E-state index is 13.3. The number of nitrogens with one attached hydrogen (secondary N) is 1. The Balaban J connectivity index is 1.59. The second-order valence-electron chi connectivity index (χ2n) is 9.28. The Hall–Kier alpha value is -4.02. The maximum Gasteiger partial charge on any atom is 0.410 e. The number of ether oxygens (including phenoxy) is 1. The molecule has 3 heterocycles. The third-order valence-corrected chi connectivity index (χ3v) is 7.94. The number of carbonyl (C=O) groups excluding carboxylic acids is 2. The van der Waals surface area contributed by atoms with E-state index < -0.39 is 6.09 Å². The summed E-state index contributed by atoms with van der Waals surface area (Å²) < 4.78 is 5.52.